The molecule has 1 aromatic rings. The van der Waals surface area contributed by atoms with Crippen LogP contribution in [0.3, 0.4) is 0 Å². The summed E-state index contributed by atoms with van der Waals surface area (Å²) < 4.78 is 0.929. The van der Waals surface area contributed by atoms with Crippen molar-refractivity contribution in [3.63, 3.8) is 0 Å². The van der Waals surface area contributed by atoms with E-state index in [1.165, 1.54) is 6.92 Å². The SMILES string of the molecule is CCc1c(C)nc(NCl)n(C(C)=O)c1=O. The van der Waals surface area contributed by atoms with Crippen LogP contribution >= 0.6 is 11.8 Å². The van der Waals surface area contributed by atoms with Crippen LogP contribution in [-0.2, 0) is 6.42 Å². The van der Waals surface area contributed by atoms with Gasteiger partial charge in [0.05, 0.1) is 0 Å². The van der Waals surface area contributed by atoms with Gasteiger partial charge < -0.3 is 0 Å². The monoisotopic (exact) mass is 229 g/mol. The molecule has 1 rings (SSSR count). The molecule has 0 bridgehead atoms. The van der Waals surface area contributed by atoms with Gasteiger partial charge in [-0.25, -0.2) is 9.55 Å². The third-order valence-corrected chi connectivity index (χ3v) is 2.31. The summed E-state index contributed by atoms with van der Waals surface area (Å²) in [4.78, 5) is 29.4. The average Bonchev–Trinajstić information content (AvgIpc) is 2.16. The maximum absolute atomic E-state index is 11.8. The van der Waals surface area contributed by atoms with Gasteiger partial charge in [-0.15, -0.1) is 0 Å². The Kier molecular flexibility index (Phi) is 3.47. The van der Waals surface area contributed by atoms with E-state index in [2.05, 4.69) is 9.82 Å². The second-order valence-corrected chi connectivity index (χ2v) is 3.30. The van der Waals surface area contributed by atoms with E-state index in [4.69, 9.17) is 11.8 Å². The number of carbonyl (C=O) groups is 1. The van der Waals surface area contributed by atoms with Gasteiger partial charge in [-0.05, 0) is 13.3 Å². The number of rotatable bonds is 2. The van der Waals surface area contributed by atoms with Gasteiger partial charge in [0.25, 0.3) is 5.56 Å². The molecule has 5 nitrogen and oxygen atoms in total. The lowest BCUT2D eigenvalue weighted by molar-refractivity contribution is 0.0933. The lowest BCUT2D eigenvalue weighted by Crippen LogP contribution is -2.31. The second-order valence-electron chi connectivity index (χ2n) is 3.11. The fraction of sp³-hybridized carbons (Fsp3) is 0.444. The third kappa shape index (κ3) is 2.02. The van der Waals surface area contributed by atoms with Gasteiger partial charge in [0, 0.05) is 30.0 Å². The fourth-order valence-corrected chi connectivity index (χ4v) is 1.55. The second kappa shape index (κ2) is 4.44. The topological polar surface area (TPSA) is 64.0 Å². The minimum atomic E-state index is -0.412. The van der Waals surface area contributed by atoms with Crippen LogP contribution < -0.4 is 10.4 Å². The first-order valence-electron chi connectivity index (χ1n) is 4.53. The van der Waals surface area contributed by atoms with Crippen LogP contribution in [0.1, 0.15) is 29.9 Å². The molecule has 0 spiro atoms. The highest BCUT2D eigenvalue weighted by Crippen LogP contribution is 2.07. The van der Waals surface area contributed by atoms with Crippen LogP contribution in [0.25, 0.3) is 0 Å². The van der Waals surface area contributed by atoms with Gasteiger partial charge in [0.1, 0.15) is 0 Å². The Bertz CT molecular complexity index is 453. The lowest BCUT2D eigenvalue weighted by atomic mass is 10.2. The van der Waals surface area contributed by atoms with Crippen LogP contribution in [0.15, 0.2) is 4.79 Å². The van der Waals surface area contributed by atoms with Crippen molar-refractivity contribution in [1.29, 1.82) is 0 Å². The highest BCUT2D eigenvalue weighted by Gasteiger charge is 2.14. The summed E-state index contributed by atoms with van der Waals surface area (Å²) in [7, 11) is 0. The summed E-state index contributed by atoms with van der Waals surface area (Å²) in [6, 6.07) is 0. The molecule has 0 saturated carbocycles. The van der Waals surface area contributed by atoms with E-state index in [1.54, 1.807) is 6.92 Å². The molecule has 6 heteroatoms. The molecular weight excluding hydrogens is 218 g/mol. The van der Waals surface area contributed by atoms with Gasteiger partial charge in [0.15, 0.2) is 0 Å². The first kappa shape index (κ1) is 11.7. The molecule has 1 N–H and O–H groups in total. The molecule has 0 aliphatic carbocycles. The Balaban J connectivity index is 3.61. The quantitative estimate of drug-likeness (QED) is 0.778. The van der Waals surface area contributed by atoms with Gasteiger partial charge in [0.2, 0.25) is 11.9 Å². The molecule has 0 saturated heterocycles. The molecule has 0 radical (unpaired) electrons. The first-order chi connectivity index (χ1) is 7.02. The lowest BCUT2D eigenvalue weighted by Gasteiger charge is -2.10. The van der Waals surface area contributed by atoms with E-state index in [9.17, 15) is 9.59 Å². The zero-order valence-corrected chi connectivity index (χ0v) is 9.55. The molecular formula is C9H12ClN3O2. The molecule has 1 heterocycles. The Morgan fingerprint density at radius 2 is 2.20 bits per heavy atom. The van der Waals surface area contributed by atoms with Crippen molar-refractivity contribution in [2.75, 3.05) is 4.84 Å². The normalized spacial score (nSPS) is 10.1. The number of hydrogen-bond acceptors (Lipinski definition) is 4. The molecule has 1 aromatic heterocycles. The summed E-state index contributed by atoms with van der Waals surface area (Å²) in [6.07, 6.45) is 0.535. The van der Waals surface area contributed by atoms with Gasteiger partial charge in [-0.1, -0.05) is 6.92 Å². The maximum Gasteiger partial charge on any atom is 0.265 e. The number of nitrogens with one attached hydrogen (secondary N) is 1. The Labute approximate surface area is 92.2 Å². The molecule has 82 valence electrons. The molecule has 0 unspecified atom stereocenters. The Morgan fingerprint density at radius 3 is 2.60 bits per heavy atom. The number of halogens is 1. The fourth-order valence-electron chi connectivity index (χ4n) is 1.42. The summed E-state index contributed by atoms with van der Waals surface area (Å²) in [5.41, 5.74) is 0.754. The molecule has 0 aliphatic rings. The molecule has 0 aromatic carbocycles. The average molecular weight is 230 g/mol. The van der Waals surface area contributed by atoms with Crippen molar-refractivity contribution in [2.45, 2.75) is 27.2 Å². The predicted molar refractivity (Wildman–Crippen MR) is 58.4 cm³/mol. The van der Waals surface area contributed by atoms with E-state index in [1.807, 2.05) is 6.92 Å². The van der Waals surface area contributed by atoms with Crippen LogP contribution in [-0.4, -0.2) is 15.5 Å². The van der Waals surface area contributed by atoms with E-state index in [0.717, 1.165) is 4.57 Å². The minimum absolute atomic E-state index is 0.0591. The first-order valence-corrected chi connectivity index (χ1v) is 4.90. The Morgan fingerprint density at radius 1 is 1.60 bits per heavy atom. The van der Waals surface area contributed by atoms with E-state index >= 15 is 0 Å². The number of carbonyl (C=O) groups excluding carboxylic acids is 1. The smallest absolute Gasteiger partial charge is 0.265 e. The van der Waals surface area contributed by atoms with Crippen LogP contribution in [0.4, 0.5) is 5.95 Å². The standard InChI is InChI=1S/C9H12ClN3O2/c1-4-7-5(2)11-9(12-10)13(6(3)14)8(7)15/h4H2,1-3H3,(H,11,12). The third-order valence-electron chi connectivity index (χ3n) is 2.14. The van der Waals surface area contributed by atoms with Crippen molar-refractivity contribution >= 4 is 23.6 Å². The van der Waals surface area contributed by atoms with Crippen LogP contribution in [0.5, 0.6) is 0 Å². The van der Waals surface area contributed by atoms with Crippen LogP contribution in [0.2, 0.25) is 0 Å². The van der Waals surface area contributed by atoms with E-state index in [0.29, 0.717) is 17.7 Å². The summed E-state index contributed by atoms with van der Waals surface area (Å²) >= 11 is 5.39. The van der Waals surface area contributed by atoms with Crippen LogP contribution in [0, 0.1) is 6.92 Å². The van der Waals surface area contributed by atoms with Crippen molar-refractivity contribution in [3.05, 3.63) is 21.6 Å². The van der Waals surface area contributed by atoms with Crippen molar-refractivity contribution in [2.24, 2.45) is 0 Å². The number of hydrogen-bond donors (Lipinski definition) is 1. The van der Waals surface area contributed by atoms with Crippen molar-refractivity contribution < 1.29 is 4.79 Å². The predicted octanol–water partition coefficient (Wildman–Crippen LogP) is 1.34. The maximum atomic E-state index is 11.8. The zero-order chi connectivity index (χ0) is 11.6. The number of aryl methyl sites for hydroxylation is 1. The number of nitrogens with zero attached hydrogens (tertiary/aromatic N) is 2. The van der Waals surface area contributed by atoms with Gasteiger partial charge >= 0.3 is 0 Å². The van der Waals surface area contributed by atoms with Crippen molar-refractivity contribution in [3.8, 4) is 0 Å². The highest BCUT2D eigenvalue weighted by atomic mass is 35.5. The van der Waals surface area contributed by atoms with Gasteiger partial charge in [-0.2, -0.15) is 0 Å². The van der Waals surface area contributed by atoms with Crippen molar-refractivity contribution in [1.82, 2.24) is 9.55 Å². The largest absolute Gasteiger partial charge is 0.274 e. The molecule has 0 aliphatic heterocycles. The number of aromatic nitrogens is 2. The van der Waals surface area contributed by atoms with Gasteiger partial charge in [-0.3, -0.25) is 14.4 Å². The zero-order valence-electron chi connectivity index (χ0n) is 8.80. The number of anilines is 1. The highest BCUT2D eigenvalue weighted by molar-refractivity contribution is 6.23. The molecule has 0 atom stereocenters. The molecule has 0 fully saturated rings. The summed E-state index contributed by atoms with van der Waals surface area (Å²) in [5.74, 6) is -0.353. The summed E-state index contributed by atoms with van der Waals surface area (Å²) in [6.45, 7) is 4.84. The Hall–Kier alpha value is -1.36. The molecule has 0 amide bonds. The minimum Gasteiger partial charge on any atom is -0.274 e. The summed E-state index contributed by atoms with van der Waals surface area (Å²) in [5, 5.41) is 0. The molecule has 15 heavy (non-hydrogen) atoms. The van der Waals surface area contributed by atoms with E-state index < -0.39 is 5.91 Å². The van der Waals surface area contributed by atoms with E-state index in [-0.39, 0.29) is 11.5 Å².